The number of halogens is 1. The molecule has 0 aliphatic carbocycles. The number of ketones is 1. The minimum atomic E-state index is -0.885. The number of hydrogen-bond donors (Lipinski definition) is 0. The number of nitro benzene ring substituents is 1. The number of Topliss-reactive ketones (excluding diaryl/α,β-unsaturated/α-hetero) is 1. The number of benzene rings is 2. The van der Waals surface area contributed by atoms with Gasteiger partial charge >= 0.3 is 5.97 Å². The van der Waals surface area contributed by atoms with Crippen molar-refractivity contribution in [1.82, 2.24) is 0 Å². The number of carbonyl (C=O) groups excluding carboxylic acids is 2. The standard InChI is InChI=1S/C18H16ClNO5/c1-10-6-11(2)17(12(3)7-10)16(21)9-25-18(22)14-8-13(20(23)24)4-5-15(14)19/h4-8H,9H2,1-3H3. The number of ether oxygens (including phenoxy) is 1. The van der Waals surface area contributed by atoms with E-state index in [1.165, 1.54) is 12.1 Å². The fourth-order valence-corrected chi connectivity index (χ4v) is 2.88. The highest BCUT2D eigenvalue weighted by atomic mass is 35.5. The van der Waals surface area contributed by atoms with Crippen molar-refractivity contribution in [1.29, 1.82) is 0 Å². The monoisotopic (exact) mass is 361 g/mol. The number of esters is 1. The van der Waals surface area contributed by atoms with Crippen LogP contribution in [0, 0.1) is 30.9 Å². The highest BCUT2D eigenvalue weighted by Gasteiger charge is 2.20. The van der Waals surface area contributed by atoms with E-state index in [1.54, 1.807) is 0 Å². The zero-order chi connectivity index (χ0) is 18.7. The van der Waals surface area contributed by atoms with E-state index >= 15 is 0 Å². The maximum atomic E-state index is 12.4. The summed E-state index contributed by atoms with van der Waals surface area (Å²) in [4.78, 5) is 34.6. The first-order chi connectivity index (χ1) is 11.7. The van der Waals surface area contributed by atoms with Crippen molar-refractivity contribution in [2.75, 3.05) is 6.61 Å². The molecule has 0 radical (unpaired) electrons. The number of aryl methyl sites for hydroxylation is 3. The molecule has 0 aliphatic rings. The molecule has 0 unspecified atom stereocenters. The Hall–Kier alpha value is -2.73. The molecule has 2 aromatic rings. The van der Waals surface area contributed by atoms with Crippen molar-refractivity contribution in [2.45, 2.75) is 20.8 Å². The van der Waals surface area contributed by atoms with Gasteiger partial charge in [0.05, 0.1) is 15.5 Å². The molecule has 0 aromatic heterocycles. The van der Waals surface area contributed by atoms with E-state index in [0.717, 1.165) is 22.8 Å². The molecule has 0 saturated carbocycles. The number of hydrogen-bond acceptors (Lipinski definition) is 5. The molecule has 2 rings (SSSR count). The van der Waals surface area contributed by atoms with E-state index in [2.05, 4.69) is 0 Å². The molecule has 0 bridgehead atoms. The van der Waals surface area contributed by atoms with Gasteiger partial charge in [-0.2, -0.15) is 0 Å². The largest absolute Gasteiger partial charge is 0.454 e. The van der Waals surface area contributed by atoms with Crippen LogP contribution in [0.3, 0.4) is 0 Å². The van der Waals surface area contributed by atoms with Gasteiger partial charge in [-0.1, -0.05) is 29.3 Å². The summed E-state index contributed by atoms with van der Waals surface area (Å²) in [6.45, 7) is 5.08. The van der Waals surface area contributed by atoms with Crippen LogP contribution in [0.4, 0.5) is 5.69 Å². The van der Waals surface area contributed by atoms with E-state index in [1.807, 2.05) is 32.9 Å². The molecule has 2 aromatic carbocycles. The first-order valence-electron chi connectivity index (χ1n) is 7.43. The van der Waals surface area contributed by atoms with Crippen LogP contribution in [0.25, 0.3) is 0 Å². The summed E-state index contributed by atoms with van der Waals surface area (Å²) in [5.74, 6) is -1.23. The lowest BCUT2D eigenvalue weighted by Crippen LogP contribution is -2.16. The Kier molecular flexibility index (Phi) is 5.54. The molecular formula is C18H16ClNO5. The molecule has 0 amide bonds. The molecule has 7 heteroatoms. The quantitative estimate of drug-likeness (QED) is 0.344. The molecule has 0 spiro atoms. The normalized spacial score (nSPS) is 10.4. The molecule has 130 valence electrons. The average molecular weight is 362 g/mol. The molecule has 0 saturated heterocycles. The van der Waals surface area contributed by atoms with E-state index in [9.17, 15) is 19.7 Å². The van der Waals surface area contributed by atoms with Gasteiger partial charge in [0.25, 0.3) is 5.69 Å². The van der Waals surface area contributed by atoms with Crippen LogP contribution < -0.4 is 0 Å². The third kappa shape index (κ3) is 4.22. The highest BCUT2D eigenvalue weighted by molar-refractivity contribution is 6.33. The lowest BCUT2D eigenvalue weighted by molar-refractivity contribution is -0.384. The third-order valence-electron chi connectivity index (χ3n) is 3.67. The summed E-state index contributed by atoms with van der Waals surface area (Å²) >= 11 is 5.89. The van der Waals surface area contributed by atoms with Gasteiger partial charge in [-0.15, -0.1) is 0 Å². The van der Waals surface area contributed by atoms with Gasteiger partial charge in [0.1, 0.15) is 0 Å². The van der Waals surface area contributed by atoms with E-state index in [-0.39, 0.29) is 22.1 Å². The van der Waals surface area contributed by atoms with Crippen molar-refractivity contribution in [3.8, 4) is 0 Å². The summed E-state index contributed by atoms with van der Waals surface area (Å²) in [5, 5.41) is 10.8. The highest BCUT2D eigenvalue weighted by Crippen LogP contribution is 2.23. The maximum absolute atomic E-state index is 12.4. The first kappa shape index (κ1) is 18.6. The lowest BCUT2D eigenvalue weighted by Gasteiger charge is -2.11. The third-order valence-corrected chi connectivity index (χ3v) is 4.00. The number of rotatable bonds is 5. The van der Waals surface area contributed by atoms with Crippen LogP contribution in [0.2, 0.25) is 5.02 Å². The van der Waals surface area contributed by atoms with Crippen molar-refractivity contribution in [2.24, 2.45) is 0 Å². The summed E-state index contributed by atoms with van der Waals surface area (Å²) in [5.41, 5.74) is 2.70. The second kappa shape index (κ2) is 7.44. The Morgan fingerprint density at radius 1 is 1.12 bits per heavy atom. The zero-order valence-corrected chi connectivity index (χ0v) is 14.7. The van der Waals surface area contributed by atoms with Gasteiger partial charge in [0.15, 0.2) is 6.61 Å². The van der Waals surface area contributed by atoms with Crippen LogP contribution in [0.15, 0.2) is 30.3 Å². The predicted molar refractivity (Wildman–Crippen MR) is 93.4 cm³/mol. The summed E-state index contributed by atoms with van der Waals surface area (Å²) in [7, 11) is 0. The average Bonchev–Trinajstić information content (AvgIpc) is 2.51. The maximum Gasteiger partial charge on any atom is 0.340 e. The molecule has 6 nitrogen and oxygen atoms in total. The summed E-state index contributed by atoms with van der Waals surface area (Å²) < 4.78 is 5.00. The Bertz CT molecular complexity index is 853. The van der Waals surface area contributed by atoms with E-state index in [4.69, 9.17) is 16.3 Å². The van der Waals surface area contributed by atoms with Gasteiger partial charge in [-0.3, -0.25) is 14.9 Å². The Morgan fingerprint density at radius 3 is 2.28 bits per heavy atom. The minimum Gasteiger partial charge on any atom is -0.454 e. The van der Waals surface area contributed by atoms with Gasteiger partial charge < -0.3 is 4.74 Å². The Labute approximate surface area is 149 Å². The molecule has 0 atom stereocenters. The molecule has 0 heterocycles. The Balaban J connectivity index is 2.17. The molecule has 0 aliphatic heterocycles. The van der Waals surface area contributed by atoms with Gasteiger partial charge in [0, 0.05) is 17.7 Å². The predicted octanol–water partition coefficient (Wildman–Crippen LogP) is 4.21. The second-order valence-electron chi connectivity index (χ2n) is 5.69. The molecule has 0 fully saturated rings. The number of nitrogens with zero attached hydrogens (tertiary/aromatic N) is 1. The number of carbonyl (C=O) groups is 2. The van der Waals surface area contributed by atoms with Crippen LogP contribution in [-0.4, -0.2) is 23.3 Å². The van der Waals surface area contributed by atoms with Crippen molar-refractivity contribution in [3.05, 3.63) is 73.3 Å². The number of nitro groups is 1. The van der Waals surface area contributed by atoms with Gasteiger partial charge in [-0.05, 0) is 38.0 Å². The molecule has 25 heavy (non-hydrogen) atoms. The summed E-state index contributed by atoms with van der Waals surface area (Å²) in [6.07, 6.45) is 0. The van der Waals surface area contributed by atoms with E-state index < -0.39 is 17.5 Å². The van der Waals surface area contributed by atoms with Crippen molar-refractivity contribution < 1.29 is 19.2 Å². The Morgan fingerprint density at radius 2 is 1.72 bits per heavy atom. The van der Waals surface area contributed by atoms with Crippen LogP contribution >= 0.6 is 11.6 Å². The first-order valence-corrected chi connectivity index (χ1v) is 7.80. The smallest absolute Gasteiger partial charge is 0.340 e. The topological polar surface area (TPSA) is 86.5 Å². The van der Waals surface area contributed by atoms with Crippen LogP contribution in [0.1, 0.15) is 37.4 Å². The van der Waals surface area contributed by atoms with Gasteiger partial charge in [-0.25, -0.2) is 4.79 Å². The molecular weight excluding hydrogens is 346 g/mol. The fraction of sp³-hybridized carbons (Fsp3) is 0.222. The molecule has 0 N–H and O–H groups in total. The summed E-state index contributed by atoms with van der Waals surface area (Å²) in [6, 6.07) is 7.20. The SMILES string of the molecule is Cc1cc(C)c(C(=O)COC(=O)c2cc([N+](=O)[O-])ccc2Cl)c(C)c1. The second-order valence-corrected chi connectivity index (χ2v) is 6.10. The van der Waals surface area contributed by atoms with Crippen molar-refractivity contribution >= 4 is 29.0 Å². The van der Waals surface area contributed by atoms with Crippen LogP contribution in [0.5, 0.6) is 0 Å². The lowest BCUT2D eigenvalue weighted by atomic mass is 9.97. The zero-order valence-electron chi connectivity index (χ0n) is 14.0. The number of non-ortho nitro benzene ring substituents is 1. The van der Waals surface area contributed by atoms with Crippen molar-refractivity contribution in [3.63, 3.8) is 0 Å². The van der Waals surface area contributed by atoms with Gasteiger partial charge in [0.2, 0.25) is 5.78 Å². The minimum absolute atomic E-state index is 0.0192. The fourth-order valence-electron chi connectivity index (χ4n) is 2.68. The van der Waals surface area contributed by atoms with E-state index in [0.29, 0.717) is 5.56 Å². The van der Waals surface area contributed by atoms with Crippen LogP contribution in [-0.2, 0) is 4.74 Å².